The summed E-state index contributed by atoms with van der Waals surface area (Å²) in [4.78, 5) is 22.1. The van der Waals surface area contributed by atoms with Gasteiger partial charge in [-0.25, -0.2) is 14.8 Å². The monoisotopic (exact) mass is 314 g/mol. The van der Waals surface area contributed by atoms with Gasteiger partial charge in [-0.2, -0.15) is 0 Å². The molecule has 0 saturated heterocycles. The van der Waals surface area contributed by atoms with Crippen molar-refractivity contribution in [2.75, 3.05) is 6.61 Å². The second kappa shape index (κ2) is 6.11. The molecule has 0 saturated carbocycles. The fourth-order valence-corrected chi connectivity index (χ4v) is 2.86. The Hall–Kier alpha value is -2.47. The molecule has 0 spiro atoms. The fourth-order valence-electron chi connectivity index (χ4n) is 2.02. The van der Waals surface area contributed by atoms with Crippen LogP contribution in [0.2, 0.25) is 0 Å². The Morgan fingerprint density at radius 3 is 2.73 bits per heavy atom. The van der Waals surface area contributed by atoms with Gasteiger partial charge in [0, 0.05) is 4.88 Å². The van der Waals surface area contributed by atoms with E-state index >= 15 is 0 Å². The van der Waals surface area contributed by atoms with Gasteiger partial charge < -0.3 is 9.47 Å². The van der Waals surface area contributed by atoms with E-state index in [0.29, 0.717) is 23.8 Å². The van der Waals surface area contributed by atoms with Crippen molar-refractivity contribution in [1.29, 1.82) is 0 Å². The van der Waals surface area contributed by atoms with Crippen molar-refractivity contribution >= 4 is 27.5 Å². The van der Waals surface area contributed by atoms with E-state index in [9.17, 15) is 4.79 Å². The number of rotatable bonds is 4. The number of hydrogen-bond donors (Lipinski definition) is 0. The van der Waals surface area contributed by atoms with Gasteiger partial charge in [-0.1, -0.05) is 0 Å². The number of carbonyl (C=O) groups is 1. The third kappa shape index (κ3) is 2.92. The summed E-state index contributed by atoms with van der Waals surface area (Å²) in [7, 11) is 0. The lowest BCUT2D eigenvalue weighted by molar-refractivity contribution is 0.0526. The van der Waals surface area contributed by atoms with Gasteiger partial charge in [-0.05, 0) is 44.2 Å². The van der Waals surface area contributed by atoms with Gasteiger partial charge in [-0.3, -0.25) is 0 Å². The van der Waals surface area contributed by atoms with E-state index in [1.54, 1.807) is 42.5 Å². The van der Waals surface area contributed by atoms with Gasteiger partial charge in [0.25, 0.3) is 0 Å². The van der Waals surface area contributed by atoms with Crippen molar-refractivity contribution < 1.29 is 14.3 Å². The summed E-state index contributed by atoms with van der Waals surface area (Å²) in [6.07, 6.45) is 1.49. The van der Waals surface area contributed by atoms with E-state index in [-0.39, 0.29) is 5.97 Å². The average molecular weight is 314 g/mol. The number of thiophene rings is 1. The maximum absolute atomic E-state index is 11.6. The molecule has 0 aliphatic heterocycles. The van der Waals surface area contributed by atoms with Crippen LogP contribution in [0.1, 0.15) is 22.2 Å². The van der Waals surface area contributed by atoms with Crippen LogP contribution in [-0.2, 0) is 4.74 Å². The highest BCUT2D eigenvalue weighted by molar-refractivity contribution is 7.18. The average Bonchev–Trinajstić information content (AvgIpc) is 2.90. The van der Waals surface area contributed by atoms with Gasteiger partial charge in [0.05, 0.1) is 17.6 Å². The standard InChI is InChI=1S/C16H14N2O3S/c1-3-20-16(19)11-4-6-12(7-5-11)21-14-13-8-10(2)22-15(13)18-9-17-14/h4-9H,3H2,1-2H3. The zero-order valence-electron chi connectivity index (χ0n) is 12.2. The number of aromatic nitrogens is 2. The van der Waals surface area contributed by atoms with Crippen LogP contribution in [-0.4, -0.2) is 22.5 Å². The lowest BCUT2D eigenvalue weighted by Crippen LogP contribution is -2.04. The number of fused-ring (bicyclic) bond motifs is 1. The molecule has 6 heteroatoms. The third-order valence-electron chi connectivity index (χ3n) is 3.00. The molecular formula is C16H14N2O3S. The van der Waals surface area contributed by atoms with Gasteiger partial charge in [0.15, 0.2) is 0 Å². The predicted octanol–water partition coefficient (Wildman–Crippen LogP) is 3.97. The Labute approximate surface area is 131 Å². The number of nitrogens with zero attached hydrogens (tertiary/aromatic N) is 2. The molecular weight excluding hydrogens is 300 g/mol. The molecule has 3 aromatic rings. The van der Waals surface area contributed by atoms with Crippen LogP contribution in [0, 0.1) is 6.92 Å². The lowest BCUT2D eigenvalue weighted by atomic mass is 10.2. The van der Waals surface area contributed by atoms with Gasteiger partial charge in [0.2, 0.25) is 5.88 Å². The zero-order valence-corrected chi connectivity index (χ0v) is 13.0. The molecule has 1 aromatic carbocycles. The second-order valence-corrected chi connectivity index (χ2v) is 5.84. The Morgan fingerprint density at radius 1 is 1.23 bits per heavy atom. The van der Waals surface area contributed by atoms with E-state index in [1.165, 1.54) is 6.33 Å². The molecule has 0 fully saturated rings. The first-order chi connectivity index (χ1) is 10.7. The van der Waals surface area contributed by atoms with Crippen LogP contribution in [0.25, 0.3) is 10.2 Å². The first-order valence-corrected chi connectivity index (χ1v) is 7.65. The number of carbonyl (C=O) groups excluding carboxylic acids is 1. The van der Waals surface area contributed by atoms with E-state index in [0.717, 1.165) is 15.1 Å². The van der Waals surface area contributed by atoms with Crippen molar-refractivity contribution in [3.63, 3.8) is 0 Å². The molecule has 5 nitrogen and oxygen atoms in total. The molecule has 0 aliphatic carbocycles. The van der Waals surface area contributed by atoms with Crippen molar-refractivity contribution in [3.05, 3.63) is 47.1 Å². The topological polar surface area (TPSA) is 61.3 Å². The molecule has 112 valence electrons. The number of ether oxygens (including phenoxy) is 2. The molecule has 2 heterocycles. The molecule has 0 N–H and O–H groups in total. The van der Waals surface area contributed by atoms with E-state index in [2.05, 4.69) is 9.97 Å². The van der Waals surface area contributed by atoms with Gasteiger partial charge in [-0.15, -0.1) is 11.3 Å². The van der Waals surface area contributed by atoms with E-state index in [1.807, 2.05) is 13.0 Å². The van der Waals surface area contributed by atoms with Gasteiger partial charge >= 0.3 is 5.97 Å². The Kier molecular flexibility index (Phi) is 4.02. The summed E-state index contributed by atoms with van der Waals surface area (Å²) >= 11 is 1.60. The minimum Gasteiger partial charge on any atom is -0.462 e. The summed E-state index contributed by atoms with van der Waals surface area (Å²) in [5, 5.41) is 0.888. The first kappa shape index (κ1) is 14.5. The molecule has 22 heavy (non-hydrogen) atoms. The summed E-state index contributed by atoms with van der Waals surface area (Å²) in [6.45, 7) is 4.15. The number of aryl methyl sites for hydroxylation is 1. The van der Waals surface area contributed by atoms with Crippen molar-refractivity contribution in [2.45, 2.75) is 13.8 Å². The molecule has 0 bridgehead atoms. The smallest absolute Gasteiger partial charge is 0.338 e. The first-order valence-electron chi connectivity index (χ1n) is 6.83. The Balaban J connectivity index is 1.84. The summed E-state index contributed by atoms with van der Waals surface area (Å²) in [6, 6.07) is 8.79. The number of benzene rings is 1. The maximum Gasteiger partial charge on any atom is 0.338 e. The van der Waals surface area contributed by atoms with Crippen LogP contribution in [0.15, 0.2) is 36.7 Å². The van der Waals surface area contributed by atoms with Crippen molar-refractivity contribution in [3.8, 4) is 11.6 Å². The predicted molar refractivity (Wildman–Crippen MR) is 84.6 cm³/mol. The normalized spacial score (nSPS) is 10.6. The highest BCUT2D eigenvalue weighted by Crippen LogP contribution is 2.31. The summed E-state index contributed by atoms with van der Waals surface area (Å²) in [5.41, 5.74) is 0.494. The highest BCUT2D eigenvalue weighted by atomic mass is 32.1. The maximum atomic E-state index is 11.6. The summed E-state index contributed by atoms with van der Waals surface area (Å²) in [5.74, 6) is 0.780. The Morgan fingerprint density at radius 2 is 2.00 bits per heavy atom. The van der Waals surface area contributed by atoms with Gasteiger partial charge in [0.1, 0.15) is 16.9 Å². The molecule has 0 aliphatic rings. The lowest BCUT2D eigenvalue weighted by Gasteiger charge is -2.06. The minimum atomic E-state index is -0.341. The van der Waals surface area contributed by atoms with Crippen LogP contribution >= 0.6 is 11.3 Å². The number of esters is 1. The SMILES string of the molecule is CCOC(=O)c1ccc(Oc2ncnc3sc(C)cc23)cc1. The minimum absolute atomic E-state index is 0.341. The van der Waals surface area contributed by atoms with Crippen molar-refractivity contribution in [1.82, 2.24) is 9.97 Å². The molecule has 0 amide bonds. The van der Waals surface area contributed by atoms with Crippen LogP contribution < -0.4 is 4.74 Å². The van der Waals surface area contributed by atoms with Crippen LogP contribution in [0.5, 0.6) is 11.6 Å². The zero-order chi connectivity index (χ0) is 15.5. The van der Waals surface area contributed by atoms with Crippen LogP contribution in [0.3, 0.4) is 0 Å². The molecule has 0 atom stereocenters. The third-order valence-corrected chi connectivity index (χ3v) is 3.95. The van der Waals surface area contributed by atoms with E-state index in [4.69, 9.17) is 9.47 Å². The number of hydrogen-bond acceptors (Lipinski definition) is 6. The molecule has 0 unspecified atom stereocenters. The van der Waals surface area contributed by atoms with E-state index < -0.39 is 0 Å². The molecule has 0 radical (unpaired) electrons. The largest absolute Gasteiger partial charge is 0.462 e. The quantitative estimate of drug-likeness (QED) is 0.682. The molecule has 3 rings (SSSR count). The second-order valence-electron chi connectivity index (χ2n) is 4.60. The Bertz CT molecular complexity index is 812. The van der Waals surface area contributed by atoms with Crippen LogP contribution in [0.4, 0.5) is 0 Å². The molecule has 2 aromatic heterocycles. The summed E-state index contributed by atoms with van der Waals surface area (Å²) < 4.78 is 10.8. The highest BCUT2D eigenvalue weighted by Gasteiger charge is 2.10. The van der Waals surface area contributed by atoms with Crippen molar-refractivity contribution in [2.24, 2.45) is 0 Å². The fraction of sp³-hybridized carbons (Fsp3) is 0.188.